The number of anilines is 1. The number of hydrogen-bond donors (Lipinski definition) is 1. The third kappa shape index (κ3) is 3.86. The topological polar surface area (TPSA) is 72.7 Å². The Bertz CT molecular complexity index is 890. The van der Waals surface area contributed by atoms with E-state index in [4.69, 9.17) is 0 Å². The monoisotopic (exact) mass is 385 g/mol. The zero-order valence-electron chi connectivity index (χ0n) is 13.3. The normalized spacial score (nSPS) is 10.6. The summed E-state index contributed by atoms with van der Waals surface area (Å²) in [5.41, 5.74) is 2.11. The molecule has 7 heteroatoms. The molecule has 0 atom stereocenters. The molecule has 1 aromatic carbocycles. The van der Waals surface area contributed by atoms with Crippen molar-refractivity contribution in [3.63, 3.8) is 0 Å². The number of nitrogens with one attached hydrogen (secondary N) is 1. The third-order valence-electron chi connectivity index (χ3n) is 3.43. The molecule has 0 spiro atoms. The highest BCUT2D eigenvalue weighted by Gasteiger charge is 2.09. The molecule has 0 unspecified atom stereocenters. The van der Waals surface area contributed by atoms with Crippen LogP contribution in [0.15, 0.2) is 47.1 Å². The van der Waals surface area contributed by atoms with Crippen molar-refractivity contribution in [2.75, 3.05) is 5.32 Å². The van der Waals surface area contributed by atoms with Gasteiger partial charge in [0, 0.05) is 5.69 Å². The first-order valence-corrected chi connectivity index (χ1v) is 8.21. The molecule has 0 aliphatic carbocycles. The second-order valence-electron chi connectivity index (χ2n) is 5.36. The highest BCUT2D eigenvalue weighted by atomic mass is 79.9. The van der Waals surface area contributed by atoms with Crippen LogP contribution in [-0.2, 0) is 6.54 Å². The molecule has 0 bridgehead atoms. The minimum absolute atomic E-state index is 0.249. The molecule has 3 aromatic rings. The van der Waals surface area contributed by atoms with E-state index in [2.05, 4.69) is 36.3 Å². The number of amides is 1. The fraction of sp³-hybridized carbons (Fsp3) is 0.176. The van der Waals surface area contributed by atoms with E-state index in [-0.39, 0.29) is 5.91 Å². The van der Waals surface area contributed by atoms with Gasteiger partial charge in [-0.25, -0.2) is 14.6 Å². The van der Waals surface area contributed by atoms with Crippen molar-refractivity contribution in [2.24, 2.45) is 0 Å². The zero-order valence-corrected chi connectivity index (χ0v) is 14.9. The summed E-state index contributed by atoms with van der Waals surface area (Å²) in [6.45, 7) is 4.39. The van der Waals surface area contributed by atoms with Crippen molar-refractivity contribution >= 4 is 27.5 Å². The number of nitrogens with zero attached hydrogens (tertiary/aromatic N) is 4. The number of aryl methyl sites for hydroxylation is 2. The summed E-state index contributed by atoms with van der Waals surface area (Å²) in [5.74, 6) is 1.36. The lowest BCUT2D eigenvalue weighted by atomic mass is 10.2. The van der Waals surface area contributed by atoms with Crippen molar-refractivity contribution in [1.29, 1.82) is 0 Å². The van der Waals surface area contributed by atoms with Crippen LogP contribution in [0.5, 0.6) is 0 Å². The maximum atomic E-state index is 12.3. The predicted molar refractivity (Wildman–Crippen MR) is 94.9 cm³/mol. The van der Waals surface area contributed by atoms with Gasteiger partial charge in [-0.05, 0) is 59.6 Å². The fourth-order valence-corrected chi connectivity index (χ4v) is 2.70. The number of rotatable bonds is 4. The summed E-state index contributed by atoms with van der Waals surface area (Å²) in [4.78, 5) is 20.7. The Kier molecular flexibility index (Phi) is 4.71. The minimum Gasteiger partial charge on any atom is -0.321 e. The molecule has 1 amide bonds. The van der Waals surface area contributed by atoms with Crippen LogP contribution in [-0.4, -0.2) is 25.7 Å². The maximum Gasteiger partial charge on any atom is 0.274 e. The molecule has 0 radical (unpaired) electrons. The van der Waals surface area contributed by atoms with Gasteiger partial charge in [0.25, 0.3) is 5.91 Å². The Labute approximate surface area is 148 Å². The molecule has 0 aliphatic rings. The number of pyridine rings is 1. The summed E-state index contributed by atoms with van der Waals surface area (Å²) < 4.78 is 2.47. The SMILES string of the molecule is Cc1nc(C)n(Cc2cccc(NC(=O)c3cccc(Br)n3)c2)n1. The lowest BCUT2D eigenvalue weighted by Crippen LogP contribution is -2.14. The second-order valence-corrected chi connectivity index (χ2v) is 6.18. The van der Waals surface area contributed by atoms with Crippen LogP contribution in [0.1, 0.15) is 27.7 Å². The lowest BCUT2D eigenvalue weighted by Gasteiger charge is -2.08. The standard InChI is InChI=1S/C17H16BrN5O/c1-11-19-12(2)23(22-11)10-13-5-3-6-14(9-13)20-17(24)15-7-4-8-16(18)21-15/h3-9H,10H2,1-2H3,(H,20,24). The van der Waals surface area contributed by atoms with E-state index in [1.165, 1.54) is 0 Å². The van der Waals surface area contributed by atoms with Gasteiger partial charge in [0.15, 0.2) is 0 Å². The lowest BCUT2D eigenvalue weighted by molar-refractivity contribution is 0.102. The van der Waals surface area contributed by atoms with Crippen LogP contribution < -0.4 is 5.32 Å². The largest absolute Gasteiger partial charge is 0.321 e. The number of benzene rings is 1. The smallest absolute Gasteiger partial charge is 0.274 e. The molecule has 6 nitrogen and oxygen atoms in total. The van der Waals surface area contributed by atoms with Gasteiger partial charge in [-0.2, -0.15) is 5.10 Å². The van der Waals surface area contributed by atoms with E-state index < -0.39 is 0 Å². The van der Waals surface area contributed by atoms with Crippen LogP contribution in [0.3, 0.4) is 0 Å². The van der Waals surface area contributed by atoms with E-state index in [1.54, 1.807) is 18.2 Å². The third-order valence-corrected chi connectivity index (χ3v) is 3.87. The first kappa shape index (κ1) is 16.3. The number of carbonyl (C=O) groups excluding carboxylic acids is 1. The van der Waals surface area contributed by atoms with Gasteiger partial charge in [-0.15, -0.1) is 0 Å². The average molecular weight is 386 g/mol. The average Bonchev–Trinajstić information content (AvgIpc) is 2.85. The van der Waals surface area contributed by atoms with Crippen molar-refractivity contribution in [2.45, 2.75) is 20.4 Å². The molecule has 2 heterocycles. The van der Waals surface area contributed by atoms with Gasteiger partial charge >= 0.3 is 0 Å². The molecule has 0 saturated carbocycles. The maximum absolute atomic E-state index is 12.3. The fourth-order valence-electron chi connectivity index (χ4n) is 2.36. The summed E-state index contributed by atoms with van der Waals surface area (Å²) in [5, 5.41) is 7.22. The van der Waals surface area contributed by atoms with Crippen molar-refractivity contribution in [3.05, 3.63) is 70.0 Å². The minimum atomic E-state index is -0.249. The summed E-state index contributed by atoms with van der Waals surface area (Å²) in [6, 6.07) is 12.9. The van der Waals surface area contributed by atoms with Crippen LogP contribution in [0, 0.1) is 13.8 Å². The number of aromatic nitrogens is 4. The Morgan fingerprint density at radius 2 is 1.96 bits per heavy atom. The van der Waals surface area contributed by atoms with Crippen LogP contribution >= 0.6 is 15.9 Å². The van der Waals surface area contributed by atoms with Crippen LogP contribution in [0.2, 0.25) is 0 Å². The van der Waals surface area contributed by atoms with E-state index in [0.717, 1.165) is 17.2 Å². The van der Waals surface area contributed by atoms with Crippen LogP contribution in [0.4, 0.5) is 5.69 Å². The first-order chi connectivity index (χ1) is 11.5. The van der Waals surface area contributed by atoms with Gasteiger partial charge in [0.2, 0.25) is 0 Å². The van der Waals surface area contributed by atoms with Gasteiger partial charge in [-0.1, -0.05) is 18.2 Å². The van der Waals surface area contributed by atoms with Crippen molar-refractivity contribution < 1.29 is 4.79 Å². The van der Waals surface area contributed by atoms with E-state index >= 15 is 0 Å². The Morgan fingerprint density at radius 1 is 1.17 bits per heavy atom. The van der Waals surface area contributed by atoms with Gasteiger partial charge in [0.05, 0.1) is 6.54 Å². The summed E-state index contributed by atoms with van der Waals surface area (Å²) in [6.07, 6.45) is 0. The van der Waals surface area contributed by atoms with Crippen molar-refractivity contribution in [3.8, 4) is 0 Å². The first-order valence-electron chi connectivity index (χ1n) is 7.42. The molecule has 1 N–H and O–H groups in total. The molecule has 0 saturated heterocycles. The highest BCUT2D eigenvalue weighted by Crippen LogP contribution is 2.14. The van der Waals surface area contributed by atoms with Gasteiger partial charge < -0.3 is 5.32 Å². The Hall–Kier alpha value is -2.54. The van der Waals surface area contributed by atoms with E-state index in [1.807, 2.05) is 42.8 Å². The number of halogens is 1. The Balaban J connectivity index is 1.75. The molecule has 0 fully saturated rings. The number of carbonyl (C=O) groups is 1. The molecular weight excluding hydrogens is 370 g/mol. The molecule has 2 aromatic heterocycles. The van der Waals surface area contributed by atoms with Crippen molar-refractivity contribution in [1.82, 2.24) is 19.7 Å². The predicted octanol–water partition coefficient (Wildman–Crippen LogP) is 3.35. The van der Waals surface area contributed by atoms with Gasteiger partial charge in [0.1, 0.15) is 21.9 Å². The molecule has 24 heavy (non-hydrogen) atoms. The second kappa shape index (κ2) is 6.92. The number of hydrogen-bond acceptors (Lipinski definition) is 4. The summed E-state index contributed by atoms with van der Waals surface area (Å²) in [7, 11) is 0. The Morgan fingerprint density at radius 3 is 2.67 bits per heavy atom. The molecule has 0 aliphatic heterocycles. The van der Waals surface area contributed by atoms with Crippen LogP contribution in [0.25, 0.3) is 0 Å². The highest BCUT2D eigenvalue weighted by molar-refractivity contribution is 9.10. The molecular formula is C17H16BrN5O. The van der Waals surface area contributed by atoms with E-state index in [0.29, 0.717) is 22.5 Å². The van der Waals surface area contributed by atoms with E-state index in [9.17, 15) is 4.79 Å². The zero-order chi connectivity index (χ0) is 17.1. The molecule has 122 valence electrons. The molecule has 3 rings (SSSR count). The quantitative estimate of drug-likeness (QED) is 0.698. The summed E-state index contributed by atoms with van der Waals surface area (Å²) >= 11 is 3.27. The van der Waals surface area contributed by atoms with Gasteiger partial charge in [-0.3, -0.25) is 4.79 Å².